The van der Waals surface area contributed by atoms with Gasteiger partial charge in [-0.25, -0.2) is 13.1 Å². The average Bonchev–Trinajstić information content (AvgIpc) is 3.19. The maximum Gasteiger partial charge on any atom is 0.281 e. The molecule has 7 nitrogen and oxygen atoms in total. The quantitative estimate of drug-likeness (QED) is 0.335. The largest absolute Gasteiger partial charge is 0.494 e. The maximum atomic E-state index is 13.0. The third kappa shape index (κ3) is 5.08. The fourth-order valence-electron chi connectivity index (χ4n) is 3.82. The van der Waals surface area contributed by atoms with Crippen LogP contribution >= 0.6 is 11.6 Å². The second-order valence-corrected chi connectivity index (χ2v) is 10.0. The molecule has 0 aliphatic heterocycles. The number of rotatable bonds is 8. The molecule has 34 heavy (non-hydrogen) atoms. The highest BCUT2D eigenvalue weighted by molar-refractivity contribution is 7.90. The fraction of sp³-hybridized carbons (Fsp3) is 0.200. The standard InChI is InChI=1S/C25H24ClN3O4S/c1-16-13-18(14-17(2)23(16)26)33-12-6-9-21-20-8-3-4-10-22(20)28-24(21)25(30)29-34(31,32)19-7-5-11-27-15-19/h3-5,7-8,10-11,13-15,28H,6,9,12H2,1-2H3,(H,29,30). The van der Waals surface area contributed by atoms with E-state index in [-0.39, 0.29) is 10.6 Å². The summed E-state index contributed by atoms with van der Waals surface area (Å²) >= 11 is 6.22. The summed E-state index contributed by atoms with van der Waals surface area (Å²) in [7, 11) is -4.05. The number of carbonyl (C=O) groups is 1. The number of nitrogens with zero attached hydrogens (tertiary/aromatic N) is 1. The summed E-state index contributed by atoms with van der Waals surface area (Å²) in [6, 6.07) is 14.1. The average molecular weight is 498 g/mol. The Morgan fingerprint density at radius 3 is 2.56 bits per heavy atom. The van der Waals surface area contributed by atoms with Crippen molar-refractivity contribution in [3.8, 4) is 5.75 Å². The molecule has 0 fully saturated rings. The van der Waals surface area contributed by atoms with Gasteiger partial charge in [0.15, 0.2) is 0 Å². The summed E-state index contributed by atoms with van der Waals surface area (Å²) in [6.07, 6.45) is 3.80. The van der Waals surface area contributed by atoms with Gasteiger partial charge in [0.25, 0.3) is 15.9 Å². The van der Waals surface area contributed by atoms with E-state index in [1.54, 1.807) is 0 Å². The number of ether oxygens (including phenoxy) is 1. The SMILES string of the molecule is Cc1cc(OCCCc2c(C(=O)NS(=O)(=O)c3cccnc3)[nH]c3ccccc23)cc(C)c1Cl. The highest BCUT2D eigenvalue weighted by Gasteiger charge is 2.23. The van der Waals surface area contributed by atoms with E-state index in [0.29, 0.717) is 19.4 Å². The van der Waals surface area contributed by atoms with Crippen molar-refractivity contribution in [2.24, 2.45) is 0 Å². The molecular weight excluding hydrogens is 474 g/mol. The van der Waals surface area contributed by atoms with Crippen LogP contribution in [0.2, 0.25) is 5.02 Å². The third-order valence-electron chi connectivity index (χ3n) is 5.46. The minimum absolute atomic E-state index is 0.0806. The van der Waals surface area contributed by atoms with E-state index >= 15 is 0 Å². The topological polar surface area (TPSA) is 101 Å². The van der Waals surface area contributed by atoms with Crippen molar-refractivity contribution in [1.82, 2.24) is 14.7 Å². The van der Waals surface area contributed by atoms with Crippen molar-refractivity contribution >= 4 is 38.4 Å². The molecule has 1 amide bonds. The molecular formula is C25H24ClN3O4S. The molecule has 0 unspecified atom stereocenters. The predicted octanol–water partition coefficient (Wildman–Crippen LogP) is 4.96. The van der Waals surface area contributed by atoms with Crippen LogP contribution < -0.4 is 9.46 Å². The van der Waals surface area contributed by atoms with Crippen molar-refractivity contribution in [3.05, 3.63) is 88.3 Å². The molecule has 2 N–H and O–H groups in total. The smallest absolute Gasteiger partial charge is 0.281 e. The molecule has 0 saturated carbocycles. The van der Waals surface area contributed by atoms with Gasteiger partial charge in [-0.3, -0.25) is 9.78 Å². The van der Waals surface area contributed by atoms with Gasteiger partial charge in [-0.1, -0.05) is 29.8 Å². The van der Waals surface area contributed by atoms with Crippen LogP contribution in [-0.4, -0.2) is 30.9 Å². The van der Waals surface area contributed by atoms with Gasteiger partial charge in [0.1, 0.15) is 16.3 Å². The van der Waals surface area contributed by atoms with E-state index in [1.807, 2.05) is 50.2 Å². The lowest BCUT2D eigenvalue weighted by molar-refractivity contribution is 0.0976. The number of aromatic amines is 1. The molecule has 4 aromatic rings. The number of H-pyrrole nitrogens is 1. The molecule has 2 heterocycles. The van der Waals surface area contributed by atoms with Crippen LogP contribution in [0, 0.1) is 13.8 Å². The van der Waals surface area contributed by atoms with Crippen molar-refractivity contribution in [1.29, 1.82) is 0 Å². The molecule has 176 valence electrons. The van der Waals surface area contributed by atoms with Gasteiger partial charge >= 0.3 is 0 Å². The Balaban J connectivity index is 1.52. The number of amides is 1. The first-order valence-corrected chi connectivity index (χ1v) is 12.6. The van der Waals surface area contributed by atoms with Gasteiger partial charge in [0.2, 0.25) is 0 Å². The Kier molecular flexibility index (Phi) is 6.90. The van der Waals surface area contributed by atoms with Gasteiger partial charge in [-0.05, 0) is 73.7 Å². The minimum Gasteiger partial charge on any atom is -0.494 e. The number of hydrogen-bond donors (Lipinski definition) is 2. The number of carbonyl (C=O) groups excluding carboxylic acids is 1. The maximum absolute atomic E-state index is 13.0. The van der Waals surface area contributed by atoms with Crippen LogP contribution in [0.15, 0.2) is 65.8 Å². The molecule has 2 aromatic carbocycles. The summed E-state index contributed by atoms with van der Waals surface area (Å²) < 4.78 is 33.3. The molecule has 0 saturated heterocycles. The second kappa shape index (κ2) is 9.87. The lowest BCUT2D eigenvalue weighted by Crippen LogP contribution is -2.31. The number of fused-ring (bicyclic) bond motifs is 1. The molecule has 0 radical (unpaired) electrons. The highest BCUT2D eigenvalue weighted by atomic mass is 35.5. The van der Waals surface area contributed by atoms with E-state index in [9.17, 15) is 13.2 Å². The molecule has 0 aliphatic carbocycles. The van der Waals surface area contributed by atoms with E-state index in [1.165, 1.54) is 24.5 Å². The Morgan fingerprint density at radius 1 is 1.12 bits per heavy atom. The minimum atomic E-state index is -4.05. The van der Waals surface area contributed by atoms with Crippen LogP contribution in [0.4, 0.5) is 0 Å². The van der Waals surface area contributed by atoms with E-state index in [0.717, 1.165) is 38.4 Å². The third-order valence-corrected chi connectivity index (χ3v) is 7.37. The lowest BCUT2D eigenvalue weighted by atomic mass is 10.1. The summed E-state index contributed by atoms with van der Waals surface area (Å²) in [4.78, 5) is 19.8. The second-order valence-electron chi connectivity index (χ2n) is 7.97. The first kappa shape index (κ1) is 23.8. The number of nitrogens with one attached hydrogen (secondary N) is 2. The van der Waals surface area contributed by atoms with Crippen molar-refractivity contribution in [3.63, 3.8) is 0 Å². The zero-order valence-electron chi connectivity index (χ0n) is 18.8. The summed E-state index contributed by atoms with van der Waals surface area (Å²) in [6.45, 7) is 4.28. The van der Waals surface area contributed by atoms with Gasteiger partial charge < -0.3 is 9.72 Å². The lowest BCUT2D eigenvalue weighted by Gasteiger charge is -2.11. The number of sulfonamides is 1. The first-order chi connectivity index (χ1) is 16.3. The van der Waals surface area contributed by atoms with Crippen LogP contribution in [-0.2, 0) is 16.4 Å². The van der Waals surface area contributed by atoms with Crippen LogP contribution in [0.5, 0.6) is 5.75 Å². The highest BCUT2D eigenvalue weighted by Crippen LogP contribution is 2.27. The zero-order chi connectivity index (χ0) is 24.3. The monoisotopic (exact) mass is 497 g/mol. The molecule has 0 spiro atoms. The number of aromatic nitrogens is 2. The Labute approximate surface area is 203 Å². The molecule has 0 bridgehead atoms. The summed E-state index contributed by atoms with van der Waals surface area (Å²) in [5.74, 6) is 0.0128. The summed E-state index contributed by atoms with van der Waals surface area (Å²) in [5.41, 5.74) is 3.60. The molecule has 0 atom stereocenters. The van der Waals surface area contributed by atoms with Gasteiger partial charge in [-0.15, -0.1) is 0 Å². The predicted molar refractivity (Wildman–Crippen MR) is 132 cm³/mol. The van der Waals surface area contributed by atoms with Gasteiger partial charge in [-0.2, -0.15) is 0 Å². The number of para-hydroxylation sites is 1. The van der Waals surface area contributed by atoms with E-state index in [2.05, 4.69) is 14.7 Å². The van der Waals surface area contributed by atoms with Crippen LogP contribution in [0.3, 0.4) is 0 Å². The first-order valence-electron chi connectivity index (χ1n) is 10.7. The number of benzene rings is 2. The fourth-order valence-corrected chi connectivity index (χ4v) is 4.85. The normalized spacial score (nSPS) is 11.5. The van der Waals surface area contributed by atoms with Gasteiger partial charge in [0, 0.05) is 28.3 Å². The van der Waals surface area contributed by atoms with E-state index in [4.69, 9.17) is 16.3 Å². The Bertz CT molecular complexity index is 1430. The molecule has 0 aliphatic rings. The number of halogens is 1. The van der Waals surface area contributed by atoms with Crippen LogP contribution in [0.25, 0.3) is 10.9 Å². The number of aryl methyl sites for hydroxylation is 3. The summed E-state index contributed by atoms with van der Waals surface area (Å²) in [5, 5.41) is 1.59. The van der Waals surface area contributed by atoms with Crippen molar-refractivity contribution in [2.45, 2.75) is 31.6 Å². The number of pyridine rings is 1. The van der Waals surface area contributed by atoms with E-state index < -0.39 is 15.9 Å². The number of hydrogen-bond acceptors (Lipinski definition) is 5. The van der Waals surface area contributed by atoms with Crippen LogP contribution in [0.1, 0.15) is 33.6 Å². The van der Waals surface area contributed by atoms with Gasteiger partial charge in [0.05, 0.1) is 6.61 Å². The molecule has 9 heteroatoms. The molecule has 4 rings (SSSR count). The zero-order valence-corrected chi connectivity index (χ0v) is 20.3. The Morgan fingerprint density at radius 2 is 1.85 bits per heavy atom. The Hall–Kier alpha value is -3.36. The van der Waals surface area contributed by atoms with Crippen molar-refractivity contribution in [2.75, 3.05) is 6.61 Å². The molecule has 2 aromatic heterocycles. The van der Waals surface area contributed by atoms with Crippen molar-refractivity contribution < 1.29 is 17.9 Å².